The second-order valence-electron chi connectivity index (χ2n) is 9.74. The normalized spacial score (nSPS) is 35.9. The van der Waals surface area contributed by atoms with Crippen molar-refractivity contribution in [3.05, 3.63) is 29.3 Å². The Labute approximate surface area is 172 Å². The Morgan fingerprint density at radius 3 is 2.14 bits per heavy atom. The molecule has 29 heavy (non-hydrogen) atoms. The van der Waals surface area contributed by atoms with Gasteiger partial charge in [0.1, 0.15) is 0 Å². The van der Waals surface area contributed by atoms with Gasteiger partial charge in [0.05, 0.1) is 11.8 Å². The number of nitrogens with zero attached hydrogens (tertiary/aromatic N) is 1. The minimum Gasteiger partial charge on any atom is -0.326 e. The third kappa shape index (κ3) is 3.01. The summed E-state index contributed by atoms with van der Waals surface area (Å²) < 4.78 is 0. The van der Waals surface area contributed by atoms with Gasteiger partial charge in [-0.2, -0.15) is 0 Å². The summed E-state index contributed by atoms with van der Waals surface area (Å²) >= 11 is 0. The fraction of sp³-hybridized carbons (Fsp3) is 0.625. The summed E-state index contributed by atoms with van der Waals surface area (Å²) in [6, 6.07) is 6.03. The highest BCUT2D eigenvalue weighted by Gasteiger charge is 2.61. The first-order valence-electron chi connectivity index (χ1n) is 11.2. The summed E-state index contributed by atoms with van der Waals surface area (Å²) in [5.41, 5.74) is 3.12. The highest BCUT2D eigenvalue weighted by Crippen LogP contribution is 2.56. The van der Waals surface area contributed by atoms with Crippen molar-refractivity contribution in [1.82, 2.24) is 4.90 Å². The minimum atomic E-state index is -0.0459. The molecule has 154 valence electrons. The van der Waals surface area contributed by atoms with Gasteiger partial charge in [-0.25, -0.2) is 0 Å². The molecule has 0 radical (unpaired) electrons. The summed E-state index contributed by atoms with van der Waals surface area (Å²) in [6.07, 6.45) is 6.27. The van der Waals surface area contributed by atoms with E-state index in [0.29, 0.717) is 11.8 Å². The van der Waals surface area contributed by atoms with Crippen molar-refractivity contribution >= 4 is 23.4 Å². The first kappa shape index (κ1) is 18.8. The monoisotopic (exact) mass is 394 g/mol. The number of hydrogen-bond acceptors (Lipinski definition) is 3. The molecule has 3 aliphatic carbocycles. The molecule has 1 aromatic rings. The molecule has 1 saturated heterocycles. The summed E-state index contributed by atoms with van der Waals surface area (Å²) in [7, 11) is 0. The van der Waals surface area contributed by atoms with Crippen molar-refractivity contribution in [3.8, 4) is 0 Å². The third-order valence-electron chi connectivity index (χ3n) is 8.03. The average Bonchev–Trinajstić information content (AvgIpc) is 3.38. The Morgan fingerprint density at radius 1 is 0.931 bits per heavy atom. The molecule has 1 N–H and O–H groups in total. The number of carbonyl (C=O) groups is 3. The number of benzene rings is 1. The van der Waals surface area contributed by atoms with E-state index in [1.165, 1.54) is 5.56 Å². The first-order chi connectivity index (χ1) is 13.9. The van der Waals surface area contributed by atoms with Gasteiger partial charge < -0.3 is 5.32 Å². The topological polar surface area (TPSA) is 66.5 Å². The van der Waals surface area contributed by atoms with Crippen LogP contribution in [0.2, 0.25) is 0 Å². The van der Waals surface area contributed by atoms with E-state index in [9.17, 15) is 14.4 Å². The number of anilines is 1. The number of amides is 3. The Kier molecular flexibility index (Phi) is 4.52. The van der Waals surface area contributed by atoms with Crippen molar-refractivity contribution in [3.63, 3.8) is 0 Å². The molecule has 5 heteroatoms. The van der Waals surface area contributed by atoms with Crippen LogP contribution in [0.4, 0.5) is 5.69 Å². The molecule has 2 bridgehead atoms. The van der Waals surface area contributed by atoms with E-state index in [2.05, 4.69) is 11.4 Å². The number of carbonyl (C=O) groups excluding carboxylic acids is 3. The largest absolute Gasteiger partial charge is 0.326 e. The van der Waals surface area contributed by atoms with Gasteiger partial charge in [0.25, 0.3) is 0 Å². The maximum Gasteiger partial charge on any atom is 0.233 e. The summed E-state index contributed by atoms with van der Waals surface area (Å²) in [4.78, 5) is 40.4. The fourth-order valence-electron chi connectivity index (χ4n) is 6.58. The van der Waals surface area contributed by atoms with Crippen molar-refractivity contribution < 1.29 is 14.4 Å². The van der Waals surface area contributed by atoms with Crippen LogP contribution in [0.3, 0.4) is 0 Å². The standard InChI is InChI=1S/C24H30N2O3/c1-13-3-10-19(14(2)11-13)25-22(27)15-6-8-18(9-7-15)26-23(28)20-16-4-5-17(12-16)21(20)24(26)29/h3,10-11,15-18,20-21H,4-9,12H2,1-2H3,(H,25,27)/t15?,16-,17+,18?,20-,21-/m0/s1. The highest BCUT2D eigenvalue weighted by molar-refractivity contribution is 6.06. The summed E-state index contributed by atoms with van der Waals surface area (Å²) in [5.74, 6) is 1.00. The molecule has 1 aromatic carbocycles. The predicted octanol–water partition coefficient (Wildman–Crippen LogP) is 3.83. The molecule has 4 atom stereocenters. The van der Waals surface area contributed by atoms with Crippen molar-refractivity contribution in [2.24, 2.45) is 29.6 Å². The lowest BCUT2D eigenvalue weighted by Crippen LogP contribution is -2.44. The van der Waals surface area contributed by atoms with Crippen LogP contribution in [0.5, 0.6) is 0 Å². The zero-order chi connectivity index (χ0) is 20.3. The molecule has 0 aromatic heterocycles. The number of fused-ring (bicyclic) bond motifs is 5. The van der Waals surface area contributed by atoms with Crippen LogP contribution in [0.25, 0.3) is 0 Å². The average molecular weight is 395 g/mol. The van der Waals surface area contributed by atoms with Gasteiger partial charge in [0, 0.05) is 17.6 Å². The molecule has 3 saturated carbocycles. The second kappa shape index (κ2) is 6.96. The highest BCUT2D eigenvalue weighted by atomic mass is 16.2. The van der Waals surface area contributed by atoms with E-state index >= 15 is 0 Å². The number of hydrogen-bond donors (Lipinski definition) is 1. The van der Waals surface area contributed by atoms with Crippen molar-refractivity contribution in [2.45, 2.75) is 64.8 Å². The van der Waals surface area contributed by atoms with Gasteiger partial charge in [-0.05, 0) is 82.3 Å². The van der Waals surface area contributed by atoms with Gasteiger partial charge in [-0.3, -0.25) is 19.3 Å². The van der Waals surface area contributed by atoms with Gasteiger partial charge in [0.2, 0.25) is 17.7 Å². The second-order valence-corrected chi connectivity index (χ2v) is 9.74. The van der Waals surface area contributed by atoms with Crippen LogP contribution >= 0.6 is 0 Å². The molecule has 5 nitrogen and oxygen atoms in total. The van der Waals surface area contributed by atoms with E-state index in [4.69, 9.17) is 0 Å². The third-order valence-corrected chi connectivity index (χ3v) is 8.03. The van der Waals surface area contributed by atoms with Gasteiger partial charge in [-0.15, -0.1) is 0 Å². The van der Waals surface area contributed by atoms with Gasteiger partial charge >= 0.3 is 0 Å². The Hall–Kier alpha value is -2.17. The number of nitrogens with one attached hydrogen (secondary N) is 1. The molecular weight excluding hydrogens is 364 g/mol. The van der Waals surface area contributed by atoms with E-state index in [-0.39, 0.29) is 41.5 Å². The van der Waals surface area contributed by atoms with E-state index in [1.54, 1.807) is 4.90 Å². The molecule has 3 amide bonds. The smallest absolute Gasteiger partial charge is 0.233 e. The lowest BCUT2D eigenvalue weighted by atomic mass is 9.81. The number of aryl methyl sites for hydroxylation is 2. The van der Waals surface area contributed by atoms with Crippen LogP contribution in [-0.4, -0.2) is 28.7 Å². The van der Waals surface area contributed by atoms with E-state index in [0.717, 1.165) is 56.2 Å². The molecule has 4 fully saturated rings. The zero-order valence-corrected chi connectivity index (χ0v) is 17.3. The predicted molar refractivity (Wildman–Crippen MR) is 110 cm³/mol. The minimum absolute atomic E-state index is 0.00911. The summed E-state index contributed by atoms with van der Waals surface area (Å²) in [5, 5.41) is 3.07. The Bertz CT molecular complexity index is 843. The van der Waals surface area contributed by atoms with Gasteiger partial charge in [0.15, 0.2) is 0 Å². The zero-order valence-electron chi connectivity index (χ0n) is 17.3. The van der Waals surface area contributed by atoms with Crippen molar-refractivity contribution in [2.75, 3.05) is 5.32 Å². The molecule has 4 aliphatic rings. The summed E-state index contributed by atoms with van der Waals surface area (Å²) in [6.45, 7) is 4.05. The fourth-order valence-corrected chi connectivity index (χ4v) is 6.58. The molecule has 1 heterocycles. The SMILES string of the molecule is Cc1ccc(NC(=O)C2CCC(N3C(=O)[C@H]4[C@@H]5CC[C@@H](C5)[C@@H]4C3=O)CC2)c(C)c1. The van der Waals surface area contributed by atoms with Crippen LogP contribution in [0.1, 0.15) is 56.1 Å². The van der Waals surface area contributed by atoms with E-state index in [1.807, 2.05) is 26.0 Å². The number of likely N-dealkylation sites (tertiary alicyclic amines) is 1. The number of rotatable bonds is 3. The molecular formula is C24H30N2O3. The Morgan fingerprint density at radius 2 is 1.55 bits per heavy atom. The molecule has 0 spiro atoms. The maximum absolute atomic E-state index is 13.0. The van der Waals surface area contributed by atoms with Crippen LogP contribution in [0, 0.1) is 43.4 Å². The van der Waals surface area contributed by atoms with Crippen LogP contribution < -0.4 is 5.32 Å². The first-order valence-corrected chi connectivity index (χ1v) is 11.2. The number of imide groups is 1. The maximum atomic E-state index is 13.0. The molecule has 0 unspecified atom stereocenters. The molecule has 5 rings (SSSR count). The lowest BCUT2D eigenvalue weighted by molar-refractivity contribution is -0.144. The van der Waals surface area contributed by atoms with Crippen LogP contribution in [-0.2, 0) is 14.4 Å². The van der Waals surface area contributed by atoms with Gasteiger partial charge in [-0.1, -0.05) is 17.7 Å². The van der Waals surface area contributed by atoms with Crippen molar-refractivity contribution in [1.29, 1.82) is 0 Å². The van der Waals surface area contributed by atoms with Crippen LogP contribution in [0.15, 0.2) is 18.2 Å². The quantitative estimate of drug-likeness (QED) is 0.793. The van der Waals surface area contributed by atoms with E-state index < -0.39 is 0 Å². The molecule has 1 aliphatic heterocycles. The lowest BCUT2D eigenvalue weighted by Gasteiger charge is -2.33. The Balaban J connectivity index is 1.21.